The molecule has 114 valence electrons. The molecule has 19 heavy (non-hydrogen) atoms. The molecule has 0 fully saturated rings. The second kappa shape index (κ2) is 12.0. The monoisotopic (exact) mass is 285 g/mol. The Labute approximate surface area is 123 Å². The van der Waals surface area contributed by atoms with E-state index in [2.05, 4.69) is 39.9 Å². The molecule has 0 amide bonds. The van der Waals surface area contributed by atoms with E-state index in [1.165, 1.54) is 75.9 Å². The standard InChI is InChI=1S/C18H38P/c1-6-7-8-9-10-11-12-13-14-15-16-19(4,5)17-18(2)3/h17H,6-16H2,1-5H3/q+1. The fraction of sp³-hybridized carbons (Fsp3) is 0.889. The van der Waals surface area contributed by atoms with E-state index in [1.54, 1.807) is 0 Å². The van der Waals surface area contributed by atoms with Gasteiger partial charge < -0.3 is 0 Å². The van der Waals surface area contributed by atoms with E-state index in [1.807, 2.05) is 0 Å². The third kappa shape index (κ3) is 14.4. The lowest BCUT2D eigenvalue weighted by Gasteiger charge is -2.13. The lowest BCUT2D eigenvalue weighted by molar-refractivity contribution is 0.563. The van der Waals surface area contributed by atoms with Crippen LogP contribution in [0.2, 0.25) is 0 Å². The van der Waals surface area contributed by atoms with Crippen LogP contribution in [0.3, 0.4) is 0 Å². The van der Waals surface area contributed by atoms with Crippen molar-refractivity contribution in [3.8, 4) is 0 Å². The van der Waals surface area contributed by atoms with Crippen molar-refractivity contribution in [2.75, 3.05) is 19.5 Å². The van der Waals surface area contributed by atoms with Crippen LogP contribution in [0.15, 0.2) is 11.4 Å². The lowest BCUT2D eigenvalue weighted by Crippen LogP contribution is -1.93. The summed E-state index contributed by atoms with van der Waals surface area (Å²) >= 11 is 0. The van der Waals surface area contributed by atoms with Crippen molar-refractivity contribution in [1.82, 2.24) is 0 Å². The van der Waals surface area contributed by atoms with E-state index in [0.717, 1.165) is 0 Å². The van der Waals surface area contributed by atoms with E-state index in [9.17, 15) is 0 Å². The largest absolute Gasteiger partial charge is 0.0654 e. The van der Waals surface area contributed by atoms with Gasteiger partial charge in [-0.05, 0) is 32.3 Å². The van der Waals surface area contributed by atoms with Gasteiger partial charge in [0.15, 0.2) is 0 Å². The molecule has 0 unspecified atom stereocenters. The van der Waals surface area contributed by atoms with Crippen LogP contribution in [0.5, 0.6) is 0 Å². The highest BCUT2D eigenvalue weighted by Gasteiger charge is 2.20. The third-order valence-electron chi connectivity index (χ3n) is 3.70. The molecule has 0 bridgehead atoms. The average molecular weight is 285 g/mol. The molecule has 0 heterocycles. The Morgan fingerprint density at radius 2 is 1.16 bits per heavy atom. The third-order valence-corrected chi connectivity index (χ3v) is 6.38. The predicted molar refractivity (Wildman–Crippen MR) is 94.9 cm³/mol. The molecule has 0 radical (unpaired) electrons. The van der Waals surface area contributed by atoms with Gasteiger partial charge in [0.2, 0.25) is 0 Å². The van der Waals surface area contributed by atoms with E-state index >= 15 is 0 Å². The summed E-state index contributed by atoms with van der Waals surface area (Å²) in [7, 11) is -0.735. The zero-order chi connectivity index (χ0) is 14.6. The maximum Gasteiger partial charge on any atom is 0.0630 e. The van der Waals surface area contributed by atoms with Gasteiger partial charge in [0.25, 0.3) is 0 Å². The SMILES string of the molecule is CCCCCCCCCCCC[P+](C)(C)C=C(C)C. The Kier molecular flexibility index (Phi) is 12.1. The molecular weight excluding hydrogens is 247 g/mol. The highest BCUT2D eigenvalue weighted by atomic mass is 31.2. The van der Waals surface area contributed by atoms with E-state index in [4.69, 9.17) is 0 Å². The van der Waals surface area contributed by atoms with E-state index in [-0.39, 0.29) is 0 Å². The van der Waals surface area contributed by atoms with Crippen LogP contribution in [0.4, 0.5) is 0 Å². The zero-order valence-corrected chi connectivity index (χ0v) is 15.2. The first-order chi connectivity index (χ1) is 8.98. The van der Waals surface area contributed by atoms with Gasteiger partial charge in [0.1, 0.15) is 0 Å². The van der Waals surface area contributed by atoms with Gasteiger partial charge in [-0.25, -0.2) is 0 Å². The van der Waals surface area contributed by atoms with Crippen molar-refractivity contribution in [2.45, 2.75) is 85.0 Å². The number of hydrogen-bond acceptors (Lipinski definition) is 0. The topological polar surface area (TPSA) is 0 Å². The van der Waals surface area contributed by atoms with Gasteiger partial charge in [-0.3, -0.25) is 0 Å². The second-order valence-electron chi connectivity index (χ2n) is 6.89. The van der Waals surface area contributed by atoms with Crippen LogP contribution in [0.1, 0.15) is 85.0 Å². The first-order valence-corrected chi connectivity index (χ1v) is 11.4. The summed E-state index contributed by atoms with van der Waals surface area (Å²) in [6, 6.07) is 0. The first-order valence-electron chi connectivity index (χ1n) is 8.46. The van der Waals surface area contributed by atoms with Gasteiger partial charge in [-0.2, -0.15) is 0 Å². The van der Waals surface area contributed by atoms with Gasteiger partial charge in [-0.15, -0.1) is 0 Å². The van der Waals surface area contributed by atoms with Crippen LogP contribution in [0.25, 0.3) is 0 Å². The van der Waals surface area contributed by atoms with Crippen molar-refractivity contribution >= 4 is 7.26 Å². The van der Waals surface area contributed by atoms with E-state index in [0.29, 0.717) is 0 Å². The van der Waals surface area contributed by atoms with Crippen molar-refractivity contribution in [2.24, 2.45) is 0 Å². The van der Waals surface area contributed by atoms with Crippen LogP contribution in [0, 0.1) is 0 Å². The van der Waals surface area contributed by atoms with Crippen molar-refractivity contribution in [3.63, 3.8) is 0 Å². The Morgan fingerprint density at radius 3 is 1.58 bits per heavy atom. The Hall–Kier alpha value is 0.170. The molecule has 0 aliphatic carbocycles. The molecule has 0 aliphatic heterocycles. The Bertz CT molecular complexity index is 224. The summed E-state index contributed by atoms with van der Waals surface area (Å²) < 4.78 is 0. The minimum atomic E-state index is -0.735. The molecule has 0 nitrogen and oxygen atoms in total. The Morgan fingerprint density at radius 1 is 0.737 bits per heavy atom. The summed E-state index contributed by atoms with van der Waals surface area (Å²) in [5.41, 5.74) is 1.51. The number of allylic oxidation sites excluding steroid dienone is 1. The van der Waals surface area contributed by atoms with Gasteiger partial charge in [0, 0.05) is 7.26 Å². The molecule has 0 rings (SSSR count). The molecule has 0 N–H and O–H groups in total. The molecule has 0 aromatic carbocycles. The number of rotatable bonds is 12. The lowest BCUT2D eigenvalue weighted by atomic mass is 10.1. The van der Waals surface area contributed by atoms with Gasteiger partial charge >= 0.3 is 0 Å². The molecule has 0 saturated carbocycles. The van der Waals surface area contributed by atoms with Gasteiger partial charge in [-0.1, -0.05) is 58.3 Å². The number of unbranched alkanes of at least 4 members (excludes halogenated alkanes) is 9. The predicted octanol–water partition coefficient (Wildman–Crippen LogP) is 7.11. The molecule has 0 aromatic rings. The highest BCUT2D eigenvalue weighted by molar-refractivity contribution is 7.77. The number of hydrogen-bond donors (Lipinski definition) is 0. The average Bonchev–Trinajstić information content (AvgIpc) is 2.30. The highest BCUT2D eigenvalue weighted by Crippen LogP contribution is 2.54. The summed E-state index contributed by atoms with van der Waals surface area (Å²) in [6.07, 6.45) is 15.9. The minimum absolute atomic E-state index is 0.735. The second-order valence-corrected chi connectivity index (χ2v) is 11.2. The molecule has 0 atom stereocenters. The van der Waals surface area contributed by atoms with Crippen molar-refractivity contribution < 1.29 is 0 Å². The van der Waals surface area contributed by atoms with Crippen molar-refractivity contribution in [3.05, 3.63) is 11.4 Å². The normalized spacial score (nSPS) is 11.6. The van der Waals surface area contributed by atoms with E-state index < -0.39 is 7.26 Å². The molecule has 0 aliphatic rings. The summed E-state index contributed by atoms with van der Waals surface area (Å²) in [4.78, 5) is 0. The van der Waals surface area contributed by atoms with Gasteiger partial charge in [0.05, 0.1) is 25.3 Å². The maximum atomic E-state index is 2.54. The minimum Gasteiger partial charge on any atom is -0.0654 e. The quantitative estimate of drug-likeness (QED) is 0.265. The Balaban J connectivity index is 3.34. The molecule has 0 saturated heterocycles. The van der Waals surface area contributed by atoms with Crippen LogP contribution >= 0.6 is 7.26 Å². The molecule has 0 spiro atoms. The van der Waals surface area contributed by atoms with Crippen molar-refractivity contribution in [1.29, 1.82) is 0 Å². The fourth-order valence-electron chi connectivity index (χ4n) is 2.77. The summed E-state index contributed by atoms with van der Waals surface area (Å²) in [5.74, 6) is 2.54. The smallest absolute Gasteiger partial charge is 0.0630 e. The first kappa shape index (κ1) is 19.2. The summed E-state index contributed by atoms with van der Waals surface area (Å²) in [6.45, 7) is 11.7. The molecule has 0 aromatic heterocycles. The van der Waals surface area contributed by atoms with Crippen LogP contribution < -0.4 is 0 Å². The molecular formula is C18H38P+. The zero-order valence-electron chi connectivity index (χ0n) is 14.3. The van der Waals surface area contributed by atoms with Crippen LogP contribution in [-0.4, -0.2) is 19.5 Å². The maximum absolute atomic E-state index is 2.54. The van der Waals surface area contributed by atoms with Crippen LogP contribution in [-0.2, 0) is 0 Å². The fourth-order valence-corrected chi connectivity index (χ4v) is 5.34. The molecule has 1 heteroatoms. The summed E-state index contributed by atoms with van der Waals surface area (Å²) in [5, 5.41) is 0.